The van der Waals surface area contributed by atoms with Gasteiger partial charge >= 0.3 is 5.97 Å². The van der Waals surface area contributed by atoms with E-state index in [2.05, 4.69) is 6.92 Å². The molecule has 3 rings (SSSR count). The number of rotatable bonds is 8. The van der Waals surface area contributed by atoms with E-state index in [0.29, 0.717) is 29.3 Å². The van der Waals surface area contributed by atoms with E-state index in [4.69, 9.17) is 36.9 Å². The smallest absolute Gasteiger partial charge is 0.344 e. The number of aliphatic imine (C=N–C) groups is 1. The molecule has 1 saturated carbocycles. The summed E-state index contributed by atoms with van der Waals surface area (Å²) in [5, 5.41) is 8.99. The highest BCUT2D eigenvalue weighted by Gasteiger charge is 2.36. The van der Waals surface area contributed by atoms with E-state index in [1.807, 2.05) is 0 Å². The van der Waals surface area contributed by atoms with Crippen molar-refractivity contribution in [2.45, 2.75) is 89.3 Å². The van der Waals surface area contributed by atoms with E-state index in [1.165, 1.54) is 45.4 Å². The van der Waals surface area contributed by atoms with Crippen molar-refractivity contribution in [1.29, 1.82) is 0 Å². The highest BCUT2D eigenvalue weighted by Crippen LogP contribution is 2.39. The fraction of sp³-hybridized carbons (Fsp3) is 0.680. The summed E-state index contributed by atoms with van der Waals surface area (Å²) in [6.07, 6.45) is 9.38. The Hall–Kier alpha value is -1.79. The molecule has 0 bridgehead atoms. The molecule has 1 aromatic carbocycles. The van der Waals surface area contributed by atoms with Crippen LogP contribution in [0.3, 0.4) is 0 Å². The van der Waals surface area contributed by atoms with Crippen molar-refractivity contribution in [3.63, 3.8) is 0 Å². The average molecular weight is 465 g/mol. The van der Waals surface area contributed by atoms with Crippen molar-refractivity contribution < 1.29 is 19.4 Å². The molecule has 7 heteroatoms. The predicted molar refractivity (Wildman–Crippen MR) is 128 cm³/mol. The second kappa shape index (κ2) is 11.9. The molecule has 2 aliphatic rings. The van der Waals surface area contributed by atoms with Crippen molar-refractivity contribution in [3.8, 4) is 11.5 Å². The highest BCUT2D eigenvalue weighted by atomic mass is 35.5. The lowest BCUT2D eigenvalue weighted by Crippen LogP contribution is -2.38. The summed E-state index contributed by atoms with van der Waals surface area (Å²) in [4.78, 5) is 16.0. The molecule has 5 unspecified atom stereocenters. The number of carboxylic acid groups (broad SMARTS) is 1. The predicted octanol–water partition coefficient (Wildman–Crippen LogP) is 5.61. The fourth-order valence-corrected chi connectivity index (χ4v) is 5.27. The van der Waals surface area contributed by atoms with E-state index in [1.54, 1.807) is 24.3 Å². The minimum absolute atomic E-state index is 0.172. The molecule has 0 aromatic heterocycles. The molecular formula is C25H37ClN2O4. The van der Waals surface area contributed by atoms with Crippen LogP contribution in [-0.2, 0) is 4.79 Å². The van der Waals surface area contributed by atoms with Gasteiger partial charge in [0.05, 0.1) is 11.5 Å². The maximum Gasteiger partial charge on any atom is 0.344 e. The molecule has 3 N–H and O–H groups in total. The van der Waals surface area contributed by atoms with Gasteiger partial charge in [-0.15, -0.1) is 11.6 Å². The third kappa shape index (κ3) is 7.11. The lowest BCUT2D eigenvalue weighted by atomic mass is 9.73. The normalized spacial score (nSPS) is 25.2. The van der Waals surface area contributed by atoms with Gasteiger partial charge < -0.3 is 20.3 Å². The monoisotopic (exact) mass is 464 g/mol. The van der Waals surface area contributed by atoms with Gasteiger partial charge in [0.2, 0.25) is 0 Å². The Bertz CT molecular complexity index is 760. The number of carboxylic acids is 1. The Kier molecular flexibility index (Phi) is 9.23. The minimum atomic E-state index is -0.998. The molecule has 1 aliphatic carbocycles. The van der Waals surface area contributed by atoms with Crippen LogP contribution in [0.4, 0.5) is 0 Å². The Labute approximate surface area is 196 Å². The number of nitrogens with zero attached hydrogens (tertiary/aromatic N) is 1. The summed E-state index contributed by atoms with van der Waals surface area (Å²) in [6, 6.07) is 7.19. The quantitative estimate of drug-likeness (QED) is 0.296. The topological polar surface area (TPSA) is 94.1 Å². The molecule has 178 valence electrons. The highest BCUT2D eigenvalue weighted by molar-refractivity contribution is 6.20. The van der Waals surface area contributed by atoms with Crippen LogP contribution < -0.4 is 15.2 Å². The Balaban J connectivity index is 1.72. The van der Waals surface area contributed by atoms with E-state index in [-0.39, 0.29) is 11.5 Å². The molecule has 1 heterocycles. The summed E-state index contributed by atoms with van der Waals surface area (Å²) >= 11 is 6.29. The first-order valence-electron chi connectivity index (χ1n) is 12.0. The zero-order valence-corrected chi connectivity index (χ0v) is 20.0. The van der Waals surface area contributed by atoms with E-state index >= 15 is 0 Å². The minimum Gasteiger partial charge on any atom is -0.479 e. The lowest BCUT2D eigenvalue weighted by Gasteiger charge is -2.37. The fourth-order valence-electron chi connectivity index (χ4n) is 5.06. The average Bonchev–Trinajstić information content (AvgIpc) is 3.04. The maximum atomic E-state index is 11.0. The second-order valence-corrected chi connectivity index (χ2v) is 9.93. The van der Waals surface area contributed by atoms with Crippen LogP contribution in [0, 0.1) is 17.8 Å². The zero-order chi connectivity index (χ0) is 23.1. The van der Waals surface area contributed by atoms with Gasteiger partial charge in [0.1, 0.15) is 11.5 Å². The summed E-state index contributed by atoms with van der Waals surface area (Å²) in [5.74, 6) is 2.39. The van der Waals surface area contributed by atoms with Gasteiger partial charge in [0, 0.05) is 6.42 Å². The van der Waals surface area contributed by atoms with Gasteiger partial charge in [-0.1, -0.05) is 45.4 Å². The molecule has 0 spiro atoms. The lowest BCUT2D eigenvalue weighted by molar-refractivity contribution is -0.144. The molecule has 1 aromatic rings. The zero-order valence-electron chi connectivity index (χ0n) is 19.2. The molecule has 0 radical (unpaired) electrons. The van der Waals surface area contributed by atoms with E-state index in [9.17, 15) is 4.79 Å². The Morgan fingerprint density at radius 3 is 2.38 bits per heavy atom. The van der Waals surface area contributed by atoms with Crippen LogP contribution in [0.1, 0.15) is 71.6 Å². The van der Waals surface area contributed by atoms with Gasteiger partial charge in [-0.05, 0) is 61.8 Å². The summed E-state index contributed by atoms with van der Waals surface area (Å²) in [6.45, 7) is 3.78. The summed E-state index contributed by atoms with van der Waals surface area (Å²) < 4.78 is 11.5. The number of hydrogen-bond donors (Lipinski definition) is 2. The van der Waals surface area contributed by atoms with Gasteiger partial charge in [0.25, 0.3) is 0 Å². The summed E-state index contributed by atoms with van der Waals surface area (Å²) in [7, 11) is 0. The van der Waals surface area contributed by atoms with Crippen LogP contribution in [-0.4, -0.2) is 34.6 Å². The third-order valence-electron chi connectivity index (χ3n) is 6.85. The molecular weight excluding hydrogens is 428 g/mol. The molecule has 5 atom stereocenters. The van der Waals surface area contributed by atoms with Gasteiger partial charge in [-0.2, -0.15) is 0 Å². The number of ether oxygens (including phenoxy) is 2. The van der Waals surface area contributed by atoms with Crippen LogP contribution in [0.25, 0.3) is 0 Å². The molecule has 0 saturated heterocycles. The van der Waals surface area contributed by atoms with Crippen LogP contribution in [0.2, 0.25) is 0 Å². The van der Waals surface area contributed by atoms with Gasteiger partial charge in [0.15, 0.2) is 12.0 Å². The van der Waals surface area contributed by atoms with E-state index < -0.39 is 12.1 Å². The molecule has 32 heavy (non-hydrogen) atoms. The number of aliphatic carboxylic acids is 1. The number of alkyl halides is 1. The third-order valence-corrected chi connectivity index (χ3v) is 7.03. The van der Waals surface area contributed by atoms with Gasteiger partial charge in [-0.25, -0.2) is 4.79 Å². The first-order valence-corrected chi connectivity index (χ1v) is 12.4. The van der Waals surface area contributed by atoms with Crippen molar-refractivity contribution in [3.05, 3.63) is 24.3 Å². The summed E-state index contributed by atoms with van der Waals surface area (Å²) in [5.41, 5.74) is 5.70. The molecule has 1 fully saturated rings. The first kappa shape index (κ1) is 24.8. The number of hydrogen-bond acceptors (Lipinski definition) is 5. The Morgan fingerprint density at radius 2 is 1.78 bits per heavy atom. The molecule has 0 amide bonds. The van der Waals surface area contributed by atoms with Crippen molar-refractivity contribution in [1.82, 2.24) is 0 Å². The standard InChI is InChI=1S/C25H37ClN2O4/c1-16-9-14-23(32-20-12-10-19(11-13-20)31-17(2)25(29)30)28-24(16)21(15-22(26)27)18-7-5-3-4-6-8-18/h10-13,16-18,21-22,24H,3-9,14-15,27H2,1-2H3,(H,29,30). The number of carbonyl (C=O) groups is 1. The molecule has 6 nitrogen and oxygen atoms in total. The number of nitrogens with two attached hydrogens (primary N) is 1. The Morgan fingerprint density at radius 1 is 1.16 bits per heavy atom. The first-order chi connectivity index (χ1) is 15.3. The molecule has 1 aliphatic heterocycles. The van der Waals surface area contributed by atoms with Crippen LogP contribution >= 0.6 is 11.6 Å². The van der Waals surface area contributed by atoms with E-state index in [0.717, 1.165) is 25.2 Å². The van der Waals surface area contributed by atoms with Crippen molar-refractivity contribution in [2.75, 3.05) is 0 Å². The maximum absolute atomic E-state index is 11.0. The largest absolute Gasteiger partial charge is 0.479 e. The second-order valence-electron chi connectivity index (χ2n) is 9.37. The number of benzene rings is 1. The SMILES string of the molecule is CC(Oc1ccc(OC2=NC(C(CC(N)Cl)C3CCCCCC3)C(C)CC2)cc1)C(=O)O. The van der Waals surface area contributed by atoms with Crippen LogP contribution in [0.5, 0.6) is 11.5 Å². The van der Waals surface area contributed by atoms with Crippen molar-refractivity contribution in [2.24, 2.45) is 28.5 Å². The number of halogens is 1. The van der Waals surface area contributed by atoms with Crippen molar-refractivity contribution >= 4 is 23.5 Å². The van der Waals surface area contributed by atoms with Crippen LogP contribution in [0.15, 0.2) is 29.3 Å². The van der Waals surface area contributed by atoms with Gasteiger partial charge in [-0.3, -0.25) is 4.99 Å².